The highest BCUT2D eigenvalue weighted by molar-refractivity contribution is 5.94. The monoisotopic (exact) mass is 444 g/mol. The van der Waals surface area contributed by atoms with E-state index in [1.54, 1.807) is 6.92 Å². The molecule has 2 aromatic carbocycles. The first-order chi connectivity index (χ1) is 16.1. The third kappa shape index (κ3) is 4.87. The molecular weight excluding hydrogens is 424 g/mol. The number of H-pyrrole nitrogens is 1. The highest BCUT2D eigenvalue weighted by atomic mass is 16.6. The molecule has 4 rings (SSSR count). The Morgan fingerprint density at radius 1 is 1.06 bits per heavy atom. The van der Waals surface area contributed by atoms with Crippen molar-refractivity contribution in [2.24, 2.45) is 0 Å². The largest absolute Gasteiger partial charge is 0.460 e. The molecule has 2 aromatic heterocycles. The van der Waals surface area contributed by atoms with E-state index in [4.69, 9.17) is 9.26 Å². The van der Waals surface area contributed by atoms with Gasteiger partial charge in [-0.05, 0) is 18.1 Å². The van der Waals surface area contributed by atoms with E-state index in [0.29, 0.717) is 0 Å². The lowest BCUT2D eigenvalue weighted by Crippen LogP contribution is -2.33. The van der Waals surface area contributed by atoms with Crippen LogP contribution in [0.1, 0.15) is 45.0 Å². The van der Waals surface area contributed by atoms with Crippen LogP contribution in [0.15, 0.2) is 82.2 Å². The van der Waals surface area contributed by atoms with Crippen LogP contribution in [0, 0.1) is 0 Å². The summed E-state index contributed by atoms with van der Waals surface area (Å²) in [7, 11) is 0. The standard InChI is InChI=1S/C24H20N4O5/c1-2-32-24(31)19-13-18(28-33-19)21-25-14-17(23(30)27-21)22(29)26-20(15-9-5-3-6-10-15)16-11-7-4-8-12-16/h3-14,20H,2H2,1H3,(H,26,29)(H,25,27,30). The number of hydrogen-bond acceptors (Lipinski definition) is 7. The average molecular weight is 444 g/mol. The Morgan fingerprint density at radius 3 is 2.27 bits per heavy atom. The summed E-state index contributed by atoms with van der Waals surface area (Å²) < 4.78 is 9.78. The molecule has 0 aliphatic heterocycles. The second-order valence-electron chi connectivity index (χ2n) is 7.00. The van der Waals surface area contributed by atoms with Crippen molar-refractivity contribution in [2.75, 3.05) is 6.61 Å². The van der Waals surface area contributed by atoms with Crippen LogP contribution in [-0.2, 0) is 4.74 Å². The summed E-state index contributed by atoms with van der Waals surface area (Å²) in [4.78, 5) is 44.0. The molecule has 0 fully saturated rings. The van der Waals surface area contributed by atoms with Crippen molar-refractivity contribution in [3.8, 4) is 11.5 Å². The van der Waals surface area contributed by atoms with Gasteiger partial charge in [0, 0.05) is 12.3 Å². The van der Waals surface area contributed by atoms with Gasteiger partial charge in [0.25, 0.3) is 11.5 Å². The number of aromatic nitrogens is 3. The van der Waals surface area contributed by atoms with Crippen molar-refractivity contribution in [3.05, 3.63) is 106 Å². The number of aromatic amines is 1. The second-order valence-corrected chi connectivity index (χ2v) is 7.00. The summed E-state index contributed by atoms with van der Waals surface area (Å²) in [6, 6.07) is 19.7. The first-order valence-corrected chi connectivity index (χ1v) is 10.2. The van der Waals surface area contributed by atoms with Gasteiger partial charge in [-0.1, -0.05) is 65.8 Å². The molecule has 166 valence electrons. The molecule has 2 heterocycles. The minimum absolute atomic E-state index is 0.0542. The predicted molar refractivity (Wildman–Crippen MR) is 119 cm³/mol. The number of amides is 1. The first-order valence-electron chi connectivity index (χ1n) is 10.2. The Bertz CT molecular complexity index is 1280. The highest BCUT2D eigenvalue weighted by Gasteiger charge is 2.21. The smallest absolute Gasteiger partial charge is 0.377 e. The number of carbonyl (C=O) groups excluding carboxylic acids is 2. The molecule has 0 saturated heterocycles. The van der Waals surface area contributed by atoms with Crippen LogP contribution >= 0.6 is 0 Å². The van der Waals surface area contributed by atoms with Gasteiger partial charge in [0.1, 0.15) is 11.3 Å². The van der Waals surface area contributed by atoms with E-state index in [0.717, 1.165) is 17.3 Å². The maximum absolute atomic E-state index is 13.0. The molecule has 0 spiro atoms. The maximum atomic E-state index is 13.0. The van der Waals surface area contributed by atoms with Crippen LogP contribution in [0.3, 0.4) is 0 Å². The summed E-state index contributed by atoms with van der Waals surface area (Å²) in [5, 5.41) is 6.63. The molecule has 0 bridgehead atoms. The van der Waals surface area contributed by atoms with Crippen LogP contribution in [0.25, 0.3) is 11.5 Å². The van der Waals surface area contributed by atoms with Crippen LogP contribution in [-0.4, -0.2) is 33.6 Å². The van der Waals surface area contributed by atoms with Gasteiger partial charge in [-0.2, -0.15) is 0 Å². The van der Waals surface area contributed by atoms with Crippen LogP contribution in [0.5, 0.6) is 0 Å². The van der Waals surface area contributed by atoms with E-state index in [2.05, 4.69) is 20.4 Å². The van der Waals surface area contributed by atoms with Crippen molar-refractivity contribution in [1.82, 2.24) is 20.4 Å². The van der Waals surface area contributed by atoms with Crippen molar-refractivity contribution in [1.29, 1.82) is 0 Å². The summed E-state index contributed by atoms with van der Waals surface area (Å²) in [6.45, 7) is 1.85. The molecule has 0 radical (unpaired) electrons. The van der Waals surface area contributed by atoms with Gasteiger partial charge in [-0.15, -0.1) is 0 Å². The van der Waals surface area contributed by atoms with E-state index in [-0.39, 0.29) is 29.4 Å². The number of benzene rings is 2. The molecule has 4 aromatic rings. The minimum atomic E-state index is -0.678. The normalized spacial score (nSPS) is 10.7. The van der Waals surface area contributed by atoms with Crippen molar-refractivity contribution >= 4 is 11.9 Å². The number of ether oxygens (including phenoxy) is 1. The Morgan fingerprint density at radius 2 is 1.70 bits per heavy atom. The lowest BCUT2D eigenvalue weighted by molar-refractivity contribution is 0.0479. The molecule has 9 nitrogen and oxygen atoms in total. The Balaban J connectivity index is 1.58. The quantitative estimate of drug-likeness (QED) is 0.419. The van der Waals surface area contributed by atoms with Gasteiger partial charge in [0.2, 0.25) is 5.76 Å². The number of hydrogen-bond donors (Lipinski definition) is 2. The SMILES string of the molecule is CCOC(=O)c1cc(-c2ncc(C(=O)NC(c3ccccc3)c3ccccc3)c(=O)[nH]2)no1. The highest BCUT2D eigenvalue weighted by Crippen LogP contribution is 2.22. The number of rotatable bonds is 7. The topological polar surface area (TPSA) is 127 Å². The fourth-order valence-electron chi connectivity index (χ4n) is 3.23. The Hall–Kier alpha value is -4.53. The average Bonchev–Trinajstić information content (AvgIpc) is 3.34. The summed E-state index contributed by atoms with van der Waals surface area (Å²) in [5.74, 6) is -1.33. The van der Waals surface area contributed by atoms with Crippen LogP contribution < -0.4 is 10.9 Å². The van der Waals surface area contributed by atoms with Crippen molar-refractivity contribution in [2.45, 2.75) is 13.0 Å². The third-order valence-electron chi connectivity index (χ3n) is 4.81. The van der Waals surface area contributed by atoms with Gasteiger partial charge < -0.3 is 19.6 Å². The number of esters is 1. The molecular formula is C24H20N4O5. The zero-order valence-corrected chi connectivity index (χ0v) is 17.6. The summed E-state index contributed by atoms with van der Waals surface area (Å²) in [5.41, 5.74) is 1.05. The fraction of sp³-hybridized carbons (Fsp3) is 0.125. The maximum Gasteiger partial charge on any atom is 0.377 e. The minimum Gasteiger partial charge on any atom is -0.460 e. The van der Waals surface area contributed by atoms with Gasteiger partial charge in [-0.25, -0.2) is 9.78 Å². The molecule has 2 N–H and O–H groups in total. The van der Waals surface area contributed by atoms with E-state index >= 15 is 0 Å². The molecule has 0 saturated carbocycles. The lowest BCUT2D eigenvalue weighted by Gasteiger charge is -2.19. The zero-order chi connectivity index (χ0) is 23.2. The van der Waals surface area contributed by atoms with Crippen LogP contribution in [0.4, 0.5) is 0 Å². The van der Waals surface area contributed by atoms with E-state index in [9.17, 15) is 14.4 Å². The Labute approximate surface area is 188 Å². The van der Waals surface area contributed by atoms with Crippen molar-refractivity contribution in [3.63, 3.8) is 0 Å². The lowest BCUT2D eigenvalue weighted by atomic mass is 9.98. The van der Waals surface area contributed by atoms with Crippen molar-refractivity contribution < 1.29 is 18.8 Å². The molecule has 0 atom stereocenters. The van der Waals surface area contributed by atoms with E-state index in [1.807, 2.05) is 60.7 Å². The van der Waals surface area contributed by atoms with Gasteiger partial charge in [0.15, 0.2) is 5.82 Å². The van der Waals surface area contributed by atoms with E-state index in [1.165, 1.54) is 6.07 Å². The number of nitrogens with one attached hydrogen (secondary N) is 2. The second kappa shape index (κ2) is 9.73. The predicted octanol–water partition coefficient (Wildman–Crippen LogP) is 3.12. The molecule has 0 aliphatic carbocycles. The zero-order valence-electron chi connectivity index (χ0n) is 17.6. The number of carbonyl (C=O) groups is 2. The molecule has 0 unspecified atom stereocenters. The van der Waals surface area contributed by atoms with E-state index < -0.39 is 23.5 Å². The Kier molecular flexibility index (Phi) is 6.40. The summed E-state index contributed by atoms with van der Waals surface area (Å²) >= 11 is 0. The molecule has 9 heteroatoms. The van der Waals surface area contributed by atoms with Gasteiger partial charge in [0.05, 0.1) is 12.6 Å². The van der Waals surface area contributed by atoms with Gasteiger partial charge >= 0.3 is 5.97 Å². The third-order valence-corrected chi connectivity index (χ3v) is 4.81. The first kappa shape index (κ1) is 21.7. The molecule has 0 aliphatic rings. The molecule has 33 heavy (non-hydrogen) atoms. The van der Waals surface area contributed by atoms with Crippen LogP contribution in [0.2, 0.25) is 0 Å². The fourth-order valence-corrected chi connectivity index (χ4v) is 3.23. The van der Waals surface area contributed by atoms with Gasteiger partial charge in [-0.3, -0.25) is 9.59 Å². The summed E-state index contributed by atoms with van der Waals surface area (Å²) in [6.07, 6.45) is 1.16. The molecule has 1 amide bonds. The number of nitrogens with zero attached hydrogens (tertiary/aromatic N) is 2.